The monoisotopic (exact) mass is 379 g/mol. The number of carbonyl (C=O) groups excluding carboxylic acids is 2. The molecule has 0 aromatic heterocycles. The van der Waals surface area contributed by atoms with Gasteiger partial charge in [0.1, 0.15) is 5.75 Å². The Bertz CT molecular complexity index is 873. The van der Waals surface area contributed by atoms with Crippen LogP contribution in [0, 0.1) is 13.8 Å². The molecule has 0 spiro atoms. The first-order valence-electron chi connectivity index (χ1n) is 9.41. The highest BCUT2D eigenvalue weighted by atomic mass is 16.6. The van der Waals surface area contributed by atoms with E-state index in [0.717, 1.165) is 17.5 Å². The molecule has 5 nitrogen and oxygen atoms in total. The fourth-order valence-electron chi connectivity index (χ4n) is 3.18. The quantitative estimate of drug-likeness (QED) is 0.721. The maximum atomic E-state index is 12.3. The number of benzene rings is 2. The van der Waals surface area contributed by atoms with Crippen molar-refractivity contribution in [3.05, 3.63) is 71.3 Å². The van der Waals surface area contributed by atoms with Crippen LogP contribution in [0.2, 0.25) is 0 Å². The summed E-state index contributed by atoms with van der Waals surface area (Å²) in [5.74, 6) is -0.0995. The summed E-state index contributed by atoms with van der Waals surface area (Å²) in [4.78, 5) is 25.9. The van der Waals surface area contributed by atoms with E-state index in [2.05, 4.69) is 18.2 Å². The highest BCUT2D eigenvalue weighted by Gasteiger charge is 2.19. The zero-order valence-electron chi connectivity index (χ0n) is 16.3. The van der Waals surface area contributed by atoms with Crippen LogP contribution in [0.4, 0.5) is 0 Å². The van der Waals surface area contributed by atoms with Gasteiger partial charge in [-0.15, -0.1) is 0 Å². The molecule has 0 N–H and O–H groups in total. The molecule has 2 aromatic carbocycles. The van der Waals surface area contributed by atoms with E-state index in [9.17, 15) is 9.59 Å². The van der Waals surface area contributed by atoms with E-state index < -0.39 is 5.97 Å². The Balaban J connectivity index is 1.43. The zero-order chi connectivity index (χ0) is 19.9. The number of hydrogen-bond donors (Lipinski definition) is 0. The fraction of sp³-hybridized carbons (Fsp3) is 0.304. The molecule has 0 unspecified atom stereocenters. The van der Waals surface area contributed by atoms with Gasteiger partial charge in [0.2, 0.25) is 0 Å². The van der Waals surface area contributed by atoms with E-state index in [-0.39, 0.29) is 19.1 Å². The summed E-state index contributed by atoms with van der Waals surface area (Å²) in [5.41, 5.74) is 4.51. The Morgan fingerprint density at radius 3 is 2.50 bits per heavy atom. The van der Waals surface area contributed by atoms with Gasteiger partial charge in [-0.3, -0.25) is 4.79 Å². The van der Waals surface area contributed by atoms with Crippen molar-refractivity contribution in [2.24, 2.45) is 0 Å². The molecule has 2 aromatic rings. The third-order valence-electron chi connectivity index (χ3n) is 4.74. The van der Waals surface area contributed by atoms with Gasteiger partial charge >= 0.3 is 5.97 Å². The molecule has 0 atom stereocenters. The maximum absolute atomic E-state index is 12.3. The van der Waals surface area contributed by atoms with Crippen LogP contribution in [0.5, 0.6) is 5.75 Å². The van der Waals surface area contributed by atoms with Crippen molar-refractivity contribution in [1.29, 1.82) is 0 Å². The molecule has 1 amide bonds. The van der Waals surface area contributed by atoms with Crippen LogP contribution in [0.25, 0.3) is 5.57 Å². The second-order valence-electron chi connectivity index (χ2n) is 6.90. The molecule has 3 rings (SSSR count). The molecule has 5 heteroatoms. The normalized spacial score (nSPS) is 13.6. The molecule has 0 saturated carbocycles. The molecule has 0 radical (unpaired) electrons. The molecule has 1 aliphatic heterocycles. The first-order valence-corrected chi connectivity index (χ1v) is 9.41. The minimum absolute atomic E-state index is 0.191. The molecule has 28 heavy (non-hydrogen) atoms. The van der Waals surface area contributed by atoms with Crippen LogP contribution in [0.15, 0.2) is 54.6 Å². The maximum Gasteiger partial charge on any atom is 0.344 e. The summed E-state index contributed by atoms with van der Waals surface area (Å²) in [6.45, 7) is 4.59. The van der Waals surface area contributed by atoms with Gasteiger partial charge in [0, 0.05) is 13.1 Å². The van der Waals surface area contributed by atoms with Crippen LogP contribution >= 0.6 is 0 Å². The second kappa shape index (κ2) is 9.22. The summed E-state index contributed by atoms with van der Waals surface area (Å²) >= 11 is 0. The average Bonchev–Trinajstić information content (AvgIpc) is 2.72. The molecular formula is C23H25NO4. The van der Waals surface area contributed by atoms with Gasteiger partial charge in [-0.1, -0.05) is 54.1 Å². The first kappa shape index (κ1) is 19.7. The van der Waals surface area contributed by atoms with Gasteiger partial charge < -0.3 is 14.4 Å². The van der Waals surface area contributed by atoms with Gasteiger partial charge in [-0.25, -0.2) is 4.79 Å². The molecule has 0 aliphatic carbocycles. The lowest BCUT2D eigenvalue weighted by molar-refractivity contribution is -0.153. The third kappa shape index (κ3) is 5.22. The summed E-state index contributed by atoms with van der Waals surface area (Å²) in [7, 11) is 0. The van der Waals surface area contributed by atoms with Crippen molar-refractivity contribution in [3.63, 3.8) is 0 Å². The fourth-order valence-corrected chi connectivity index (χ4v) is 3.18. The standard InChI is InChI=1S/C23H25NO4/c1-17-8-9-21(18(2)14-17)27-16-23(26)28-15-22(25)24-12-10-20(11-13-24)19-6-4-3-5-7-19/h3-10,14H,11-13,15-16H2,1-2H3. The van der Waals surface area contributed by atoms with E-state index in [0.29, 0.717) is 18.8 Å². The van der Waals surface area contributed by atoms with Crippen LogP contribution in [-0.2, 0) is 14.3 Å². The van der Waals surface area contributed by atoms with Crippen molar-refractivity contribution in [2.45, 2.75) is 20.3 Å². The predicted molar refractivity (Wildman–Crippen MR) is 108 cm³/mol. The molecule has 1 heterocycles. The Hall–Kier alpha value is -3.08. The highest BCUT2D eigenvalue weighted by Crippen LogP contribution is 2.22. The lowest BCUT2D eigenvalue weighted by Crippen LogP contribution is -2.38. The van der Waals surface area contributed by atoms with Gasteiger partial charge in [0.15, 0.2) is 13.2 Å². The predicted octanol–water partition coefficient (Wildman–Crippen LogP) is 3.54. The van der Waals surface area contributed by atoms with Crippen molar-refractivity contribution in [3.8, 4) is 5.75 Å². The number of nitrogens with zero attached hydrogens (tertiary/aromatic N) is 1. The minimum atomic E-state index is -0.550. The Morgan fingerprint density at radius 1 is 1.04 bits per heavy atom. The summed E-state index contributed by atoms with van der Waals surface area (Å²) in [5, 5.41) is 0. The van der Waals surface area contributed by atoms with E-state index >= 15 is 0 Å². The summed E-state index contributed by atoms with van der Waals surface area (Å²) in [6.07, 6.45) is 2.85. The first-order chi connectivity index (χ1) is 13.5. The highest BCUT2D eigenvalue weighted by molar-refractivity contribution is 5.82. The molecule has 0 fully saturated rings. The van der Waals surface area contributed by atoms with Gasteiger partial charge in [0.05, 0.1) is 0 Å². The third-order valence-corrected chi connectivity index (χ3v) is 4.74. The zero-order valence-corrected chi connectivity index (χ0v) is 16.3. The molecule has 0 saturated heterocycles. The number of esters is 1. The lowest BCUT2D eigenvalue weighted by Gasteiger charge is -2.26. The lowest BCUT2D eigenvalue weighted by atomic mass is 10.00. The molecule has 146 valence electrons. The average molecular weight is 379 g/mol. The number of aryl methyl sites for hydroxylation is 2. The number of ether oxygens (including phenoxy) is 2. The number of hydrogen-bond acceptors (Lipinski definition) is 4. The number of amides is 1. The van der Waals surface area contributed by atoms with Crippen LogP contribution in [-0.4, -0.2) is 43.1 Å². The Morgan fingerprint density at radius 2 is 1.82 bits per heavy atom. The van der Waals surface area contributed by atoms with Crippen LogP contribution < -0.4 is 4.74 Å². The van der Waals surface area contributed by atoms with E-state index in [1.165, 1.54) is 11.1 Å². The van der Waals surface area contributed by atoms with E-state index in [4.69, 9.17) is 9.47 Å². The van der Waals surface area contributed by atoms with Crippen LogP contribution in [0.1, 0.15) is 23.1 Å². The topological polar surface area (TPSA) is 55.8 Å². The Kier molecular flexibility index (Phi) is 6.48. The van der Waals surface area contributed by atoms with Crippen molar-refractivity contribution < 1.29 is 19.1 Å². The number of rotatable bonds is 6. The number of carbonyl (C=O) groups is 2. The van der Waals surface area contributed by atoms with Gasteiger partial charge in [-0.2, -0.15) is 0 Å². The second-order valence-corrected chi connectivity index (χ2v) is 6.90. The van der Waals surface area contributed by atoms with Gasteiger partial charge in [-0.05, 0) is 43.0 Å². The van der Waals surface area contributed by atoms with Crippen molar-refractivity contribution in [1.82, 2.24) is 4.90 Å². The minimum Gasteiger partial charge on any atom is -0.482 e. The largest absolute Gasteiger partial charge is 0.482 e. The van der Waals surface area contributed by atoms with E-state index in [1.54, 1.807) is 4.90 Å². The summed E-state index contributed by atoms with van der Waals surface area (Å²) in [6, 6.07) is 15.9. The summed E-state index contributed by atoms with van der Waals surface area (Å²) < 4.78 is 10.6. The van der Waals surface area contributed by atoms with E-state index in [1.807, 2.05) is 50.2 Å². The smallest absolute Gasteiger partial charge is 0.344 e. The van der Waals surface area contributed by atoms with Crippen molar-refractivity contribution >= 4 is 17.4 Å². The molecule has 1 aliphatic rings. The van der Waals surface area contributed by atoms with Crippen molar-refractivity contribution in [2.75, 3.05) is 26.3 Å². The van der Waals surface area contributed by atoms with Gasteiger partial charge in [0.25, 0.3) is 5.91 Å². The Labute approximate surface area is 165 Å². The SMILES string of the molecule is Cc1ccc(OCC(=O)OCC(=O)N2CC=C(c3ccccc3)CC2)c(C)c1. The molecular weight excluding hydrogens is 354 g/mol. The van der Waals surface area contributed by atoms with Crippen LogP contribution in [0.3, 0.4) is 0 Å². The molecule has 0 bridgehead atoms.